The summed E-state index contributed by atoms with van der Waals surface area (Å²) in [6.45, 7) is 2.89. The SMILES string of the molecule is Cc1cccc(-c2nccc3[nH]c(-c4n[nH]c5ccc(-c6cncc(CN(C)C)c6)nc45)nc23)c1. The molecule has 0 aliphatic heterocycles. The fourth-order valence-electron chi connectivity index (χ4n) is 4.36. The van der Waals surface area contributed by atoms with Gasteiger partial charge in [-0.05, 0) is 56.9 Å². The van der Waals surface area contributed by atoms with Gasteiger partial charge in [0.2, 0.25) is 0 Å². The third-order valence-corrected chi connectivity index (χ3v) is 5.91. The van der Waals surface area contributed by atoms with Gasteiger partial charge in [0.1, 0.15) is 11.0 Å². The lowest BCUT2D eigenvalue weighted by molar-refractivity contribution is 0.402. The van der Waals surface area contributed by atoms with Crippen LogP contribution in [0.25, 0.3) is 56.1 Å². The van der Waals surface area contributed by atoms with Crippen LogP contribution in [0.3, 0.4) is 0 Å². The van der Waals surface area contributed by atoms with E-state index >= 15 is 0 Å². The summed E-state index contributed by atoms with van der Waals surface area (Å²) < 4.78 is 0. The number of rotatable bonds is 5. The molecule has 1 aromatic carbocycles. The summed E-state index contributed by atoms with van der Waals surface area (Å²) in [5, 5.41) is 7.64. The Kier molecular flexibility index (Phi) is 5.08. The molecule has 0 atom stereocenters. The molecule has 0 radical (unpaired) electrons. The van der Waals surface area contributed by atoms with E-state index in [4.69, 9.17) is 9.97 Å². The standard InChI is InChI=1S/C27H24N8/c1-16-5-4-6-18(11-16)23-24-21(9-10-29-23)31-27(32-24)26-25-22(33-34-26)8-7-20(30-25)19-12-17(13-28-14-19)15-35(2)3/h4-14H,15H2,1-3H3,(H,31,32)(H,33,34). The first kappa shape index (κ1) is 21.1. The van der Waals surface area contributed by atoms with E-state index in [2.05, 4.69) is 61.2 Å². The van der Waals surface area contributed by atoms with Crippen molar-refractivity contribution in [2.24, 2.45) is 0 Å². The summed E-state index contributed by atoms with van der Waals surface area (Å²) in [6, 6.07) is 16.3. The monoisotopic (exact) mass is 460 g/mol. The predicted octanol–water partition coefficient (Wildman–Crippen LogP) is 5.00. The maximum atomic E-state index is 4.94. The minimum atomic E-state index is 0.650. The molecule has 8 heteroatoms. The largest absolute Gasteiger partial charge is 0.336 e. The molecule has 8 nitrogen and oxygen atoms in total. The normalized spacial score (nSPS) is 11.7. The first-order valence-corrected chi connectivity index (χ1v) is 11.4. The van der Waals surface area contributed by atoms with E-state index in [1.165, 1.54) is 5.56 Å². The van der Waals surface area contributed by atoms with Gasteiger partial charge in [0.25, 0.3) is 0 Å². The first-order chi connectivity index (χ1) is 17.0. The van der Waals surface area contributed by atoms with Gasteiger partial charge in [0.05, 0.1) is 22.4 Å². The van der Waals surface area contributed by atoms with Crippen molar-refractivity contribution in [2.75, 3.05) is 14.1 Å². The van der Waals surface area contributed by atoms with Crippen LogP contribution in [0.5, 0.6) is 0 Å². The van der Waals surface area contributed by atoms with Crippen molar-refractivity contribution in [1.29, 1.82) is 0 Å². The minimum absolute atomic E-state index is 0.650. The summed E-state index contributed by atoms with van der Waals surface area (Å²) >= 11 is 0. The van der Waals surface area contributed by atoms with Crippen LogP contribution in [0, 0.1) is 6.92 Å². The number of fused-ring (bicyclic) bond motifs is 2. The Balaban J connectivity index is 1.45. The highest BCUT2D eigenvalue weighted by Crippen LogP contribution is 2.31. The smallest absolute Gasteiger partial charge is 0.161 e. The second kappa shape index (κ2) is 8.41. The topological polar surface area (TPSA) is 99.3 Å². The van der Waals surface area contributed by atoms with Gasteiger partial charge in [-0.2, -0.15) is 5.10 Å². The van der Waals surface area contributed by atoms with Crippen LogP contribution < -0.4 is 0 Å². The third kappa shape index (κ3) is 3.94. The number of hydrogen-bond acceptors (Lipinski definition) is 6. The van der Waals surface area contributed by atoms with Gasteiger partial charge in [-0.1, -0.05) is 23.8 Å². The highest BCUT2D eigenvalue weighted by molar-refractivity contribution is 5.95. The number of aromatic nitrogens is 7. The number of hydrogen-bond donors (Lipinski definition) is 2. The molecule has 2 N–H and O–H groups in total. The molecule has 172 valence electrons. The van der Waals surface area contributed by atoms with Gasteiger partial charge in [-0.15, -0.1) is 0 Å². The number of imidazole rings is 1. The molecule has 0 amide bonds. The van der Waals surface area contributed by atoms with Gasteiger partial charge in [-0.3, -0.25) is 15.1 Å². The molecule has 6 rings (SSSR count). The summed E-state index contributed by atoms with van der Waals surface area (Å²) in [4.78, 5) is 24.4. The van der Waals surface area contributed by atoms with E-state index in [1.807, 2.05) is 50.8 Å². The summed E-state index contributed by atoms with van der Waals surface area (Å²) in [7, 11) is 4.09. The molecule has 0 spiro atoms. The maximum Gasteiger partial charge on any atom is 0.161 e. The average molecular weight is 461 g/mol. The van der Waals surface area contributed by atoms with Crippen LogP contribution in [-0.2, 0) is 6.54 Å². The molecular formula is C27H24N8. The van der Waals surface area contributed by atoms with Gasteiger partial charge < -0.3 is 9.88 Å². The quantitative estimate of drug-likeness (QED) is 0.376. The fourth-order valence-corrected chi connectivity index (χ4v) is 4.36. The van der Waals surface area contributed by atoms with Crippen LogP contribution in [0.15, 0.2) is 67.1 Å². The molecule has 6 aromatic rings. The van der Waals surface area contributed by atoms with Crippen LogP contribution >= 0.6 is 0 Å². The molecule has 0 unspecified atom stereocenters. The molecular weight excluding hydrogens is 436 g/mol. The van der Waals surface area contributed by atoms with Crippen molar-refractivity contribution >= 4 is 22.1 Å². The van der Waals surface area contributed by atoms with E-state index in [0.29, 0.717) is 11.5 Å². The molecule has 5 aromatic heterocycles. The van der Waals surface area contributed by atoms with Crippen molar-refractivity contribution in [1.82, 2.24) is 40.0 Å². The zero-order chi connectivity index (χ0) is 23.9. The average Bonchev–Trinajstić information content (AvgIpc) is 3.47. The van der Waals surface area contributed by atoms with E-state index < -0.39 is 0 Å². The summed E-state index contributed by atoms with van der Waals surface area (Å²) in [6.07, 6.45) is 5.53. The van der Waals surface area contributed by atoms with Crippen LogP contribution in [0.1, 0.15) is 11.1 Å². The number of nitrogens with zero attached hydrogens (tertiary/aromatic N) is 6. The first-order valence-electron chi connectivity index (χ1n) is 11.4. The lowest BCUT2D eigenvalue weighted by Crippen LogP contribution is -2.10. The number of pyridine rings is 3. The molecule has 5 heterocycles. The Morgan fingerprint density at radius 2 is 1.74 bits per heavy atom. The molecule has 0 saturated heterocycles. The van der Waals surface area contributed by atoms with Crippen LogP contribution in [-0.4, -0.2) is 54.1 Å². The summed E-state index contributed by atoms with van der Waals surface area (Å²) in [5.41, 5.74) is 9.97. The number of nitrogens with one attached hydrogen (secondary N) is 2. The fraction of sp³-hybridized carbons (Fsp3) is 0.148. The molecule has 0 aliphatic rings. The van der Waals surface area contributed by atoms with Gasteiger partial charge in [0, 0.05) is 36.3 Å². The molecule has 0 saturated carbocycles. The lowest BCUT2D eigenvalue weighted by Gasteiger charge is -2.10. The number of benzene rings is 1. The second-order valence-electron chi connectivity index (χ2n) is 9.00. The number of aryl methyl sites for hydroxylation is 1. The predicted molar refractivity (Wildman–Crippen MR) is 138 cm³/mol. The summed E-state index contributed by atoms with van der Waals surface area (Å²) in [5.74, 6) is 0.650. The lowest BCUT2D eigenvalue weighted by atomic mass is 10.1. The number of H-pyrrole nitrogens is 2. The number of aromatic amines is 2. The van der Waals surface area contributed by atoms with Crippen molar-refractivity contribution in [2.45, 2.75) is 13.5 Å². The Labute approximate surface area is 202 Å². The van der Waals surface area contributed by atoms with Crippen molar-refractivity contribution < 1.29 is 0 Å². The van der Waals surface area contributed by atoms with E-state index in [0.717, 1.165) is 56.7 Å². The van der Waals surface area contributed by atoms with Crippen molar-refractivity contribution in [3.05, 3.63) is 78.2 Å². The molecule has 0 bridgehead atoms. The zero-order valence-electron chi connectivity index (χ0n) is 19.7. The highest BCUT2D eigenvalue weighted by atomic mass is 15.2. The van der Waals surface area contributed by atoms with Gasteiger partial charge >= 0.3 is 0 Å². The van der Waals surface area contributed by atoms with Crippen molar-refractivity contribution in [3.8, 4) is 34.0 Å². The Morgan fingerprint density at radius 3 is 2.60 bits per heavy atom. The minimum Gasteiger partial charge on any atom is -0.336 e. The maximum absolute atomic E-state index is 4.94. The van der Waals surface area contributed by atoms with E-state index in [-0.39, 0.29) is 0 Å². The Hall–Kier alpha value is -4.43. The van der Waals surface area contributed by atoms with Crippen LogP contribution in [0.4, 0.5) is 0 Å². The molecule has 0 fully saturated rings. The Morgan fingerprint density at radius 1 is 0.857 bits per heavy atom. The second-order valence-corrected chi connectivity index (χ2v) is 9.00. The van der Waals surface area contributed by atoms with E-state index in [9.17, 15) is 0 Å². The highest BCUT2D eigenvalue weighted by Gasteiger charge is 2.17. The van der Waals surface area contributed by atoms with Gasteiger partial charge in [-0.25, -0.2) is 9.97 Å². The zero-order valence-corrected chi connectivity index (χ0v) is 19.7. The van der Waals surface area contributed by atoms with E-state index in [1.54, 1.807) is 6.20 Å². The molecule has 35 heavy (non-hydrogen) atoms. The van der Waals surface area contributed by atoms with Crippen molar-refractivity contribution in [3.63, 3.8) is 0 Å². The van der Waals surface area contributed by atoms with Crippen LogP contribution in [0.2, 0.25) is 0 Å². The van der Waals surface area contributed by atoms with Gasteiger partial charge in [0.15, 0.2) is 11.5 Å². The Bertz CT molecular complexity index is 1680. The molecule has 0 aliphatic carbocycles. The third-order valence-electron chi connectivity index (χ3n) is 5.91.